The Kier molecular flexibility index (Phi) is 8.06. The van der Waals surface area contributed by atoms with Crippen molar-refractivity contribution in [2.24, 2.45) is 4.74 Å². The molecule has 132 valence electrons. The maximum Gasteiger partial charge on any atom is 0.0625 e. The van der Waals surface area contributed by atoms with Gasteiger partial charge in [-0.1, -0.05) is 70.4 Å². The highest BCUT2D eigenvalue weighted by atomic mass is 31.2. The van der Waals surface area contributed by atoms with Gasteiger partial charge in [-0.05, 0) is 68.1 Å². The molecule has 0 amide bonds. The van der Waals surface area contributed by atoms with Gasteiger partial charge in [-0.3, -0.25) is 4.74 Å². The molecule has 1 nitrogen and oxygen atoms in total. The smallest absolute Gasteiger partial charge is 0.0625 e. The lowest BCUT2D eigenvalue weighted by molar-refractivity contribution is 0.840. The first-order valence-electron chi connectivity index (χ1n) is 9.81. The van der Waals surface area contributed by atoms with E-state index in [9.17, 15) is 0 Å². The number of rotatable bonds is 10. The van der Waals surface area contributed by atoms with Crippen molar-refractivity contribution in [1.29, 1.82) is 0 Å². The number of hydrogen-bond donors (Lipinski definition) is 0. The molecule has 2 aliphatic rings. The Balaban J connectivity index is 2.40. The summed E-state index contributed by atoms with van der Waals surface area (Å²) in [6.07, 6.45) is 11.9. The monoisotopic (exact) mass is 343 g/mol. The van der Waals surface area contributed by atoms with Crippen molar-refractivity contribution in [3.05, 3.63) is 42.5 Å². The molecule has 0 saturated carbocycles. The van der Waals surface area contributed by atoms with Gasteiger partial charge in [0.25, 0.3) is 0 Å². The molecule has 2 aliphatic carbocycles. The van der Waals surface area contributed by atoms with Crippen LogP contribution in [-0.4, -0.2) is 18.5 Å². The van der Waals surface area contributed by atoms with Crippen LogP contribution in [0.5, 0.6) is 0 Å². The van der Waals surface area contributed by atoms with Crippen LogP contribution in [0.3, 0.4) is 0 Å². The fourth-order valence-corrected chi connectivity index (χ4v) is 7.63. The molecule has 0 atom stereocenters. The summed E-state index contributed by atoms with van der Waals surface area (Å²) in [5.74, 6) is 0. The summed E-state index contributed by atoms with van der Waals surface area (Å²) in [5.41, 5.74) is 3.87. The molecule has 0 bridgehead atoms. The summed E-state index contributed by atoms with van der Waals surface area (Å²) >= 11 is 0. The first-order chi connectivity index (χ1) is 11.7. The van der Waals surface area contributed by atoms with Crippen LogP contribution >= 0.6 is 7.05 Å². The third kappa shape index (κ3) is 5.49. The first kappa shape index (κ1) is 19.3. The minimum absolute atomic E-state index is 1.22. The van der Waals surface area contributed by atoms with E-state index >= 15 is 0 Å². The second-order valence-electron chi connectivity index (χ2n) is 6.96. The molecular formula is C22H34NP. The minimum Gasteiger partial charge on any atom is -0.267 e. The molecule has 0 unspecified atom stereocenters. The molecule has 0 aliphatic heterocycles. The van der Waals surface area contributed by atoms with Gasteiger partial charge in [0.2, 0.25) is 0 Å². The Hall–Kier alpha value is -1.07. The lowest BCUT2D eigenvalue weighted by Gasteiger charge is -2.25. The lowest BCUT2D eigenvalue weighted by Crippen LogP contribution is -2.01. The summed E-state index contributed by atoms with van der Waals surface area (Å²) in [6, 6.07) is 15.4. The predicted octanol–water partition coefficient (Wildman–Crippen LogP) is 8.02. The standard InChI is InChI=1S/C22H34NP/c1-4-7-15-24(16-8-5-2,17-9-6-3)23-22-18-20-13-11-10-12-14-21(20)19-22/h10-14,18-19H,4-9,15-17H2,1-3H3. The zero-order valence-electron chi connectivity index (χ0n) is 15.8. The topological polar surface area (TPSA) is 12.4 Å². The van der Waals surface area contributed by atoms with E-state index in [0.29, 0.717) is 0 Å². The van der Waals surface area contributed by atoms with Crippen molar-refractivity contribution < 1.29 is 0 Å². The molecular weight excluding hydrogens is 309 g/mol. The predicted molar refractivity (Wildman–Crippen MR) is 111 cm³/mol. The first-order valence-corrected chi connectivity index (χ1v) is 12.1. The maximum absolute atomic E-state index is 5.47. The number of nitrogens with zero attached hydrogens (tertiary/aromatic N) is 1. The maximum atomic E-state index is 5.47. The number of hydrogen-bond acceptors (Lipinski definition) is 1. The highest BCUT2D eigenvalue weighted by Crippen LogP contribution is 2.55. The van der Waals surface area contributed by atoms with E-state index in [0.717, 1.165) is 0 Å². The van der Waals surface area contributed by atoms with E-state index in [1.54, 1.807) is 0 Å². The summed E-state index contributed by atoms with van der Waals surface area (Å²) in [5, 5.41) is 0. The summed E-state index contributed by atoms with van der Waals surface area (Å²) < 4.78 is 5.47. The van der Waals surface area contributed by atoms with Crippen molar-refractivity contribution in [2.75, 3.05) is 18.5 Å². The summed E-state index contributed by atoms with van der Waals surface area (Å²) in [7, 11) is -1.22. The van der Waals surface area contributed by atoms with Crippen LogP contribution in [0.1, 0.15) is 59.3 Å². The third-order valence-corrected chi connectivity index (χ3v) is 8.93. The second-order valence-corrected chi connectivity index (χ2v) is 10.7. The molecule has 0 saturated heterocycles. The van der Waals surface area contributed by atoms with Crippen LogP contribution in [0.15, 0.2) is 47.2 Å². The van der Waals surface area contributed by atoms with E-state index in [4.69, 9.17) is 4.74 Å². The lowest BCUT2D eigenvalue weighted by atomic mass is 10.2. The van der Waals surface area contributed by atoms with Crippen LogP contribution in [0, 0.1) is 0 Å². The fraction of sp³-hybridized carbons (Fsp3) is 0.545. The minimum atomic E-state index is -1.22. The highest BCUT2D eigenvalue weighted by molar-refractivity contribution is 7.66. The molecule has 2 heteroatoms. The molecule has 2 rings (SSSR count). The molecule has 0 aromatic heterocycles. The molecule has 0 aromatic carbocycles. The van der Waals surface area contributed by atoms with Crippen LogP contribution in [-0.2, 0) is 0 Å². The fourth-order valence-electron chi connectivity index (χ4n) is 3.34. The molecule has 0 spiro atoms. The van der Waals surface area contributed by atoms with Crippen LogP contribution in [0.4, 0.5) is 5.69 Å². The molecule has 0 aromatic rings. The van der Waals surface area contributed by atoms with Crippen molar-refractivity contribution in [1.82, 2.24) is 0 Å². The van der Waals surface area contributed by atoms with E-state index < -0.39 is 7.05 Å². The quantitative estimate of drug-likeness (QED) is 0.387. The molecule has 0 fully saturated rings. The van der Waals surface area contributed by atoms with E-state index in [1.165, 1.54) is 73.8 Å². The van der Waals surface area contributed by atoms with Gasteiger partial charge in [0.05, 0.1) is 5.69 Å². The Bertz CT molecular complexity index is 572. The zero-order chi connectivity index (χ0) is 17.3. The Morgan fingerprint density at radius 2 is 1.17 bits per heavy atom. The second kappa shape index (κ2) is 10.0. The average Bonchev–Trinajstić information content (AvgIpc) is 2.84. The Morgan fingerprint density at radius 3 is 1.58 bits per heavy atom. The number of fused-ring (bicyclic) bond motifs is 1. The number of unbranched alkanes of at least 4 members (excludes halogenated alkanes) is 3. The van der Waals surface area contributed by atoms with Gasteiger partial charge in [-0.2, -0.15) is 0 Å². The van der Waals surface area contributed by atoms with Crippen LogP contribution in [0.2, 0.25) is 0 Å². The van der Waals surface area contributed by atoms with Gasteiger partial charge in [-0.15, -0.1) is 0 Å². The summed E-state index contributed by atoms with van der Waals surface area (Å²) in [4.78, 5) is 0. The van der Waals surface area contributed by atoms with Gasteiger partial charge in [0.1, 0.15) is 0 Å². The van der Waals surface area contributed by atoms with E-state index in [2.05, 4.69) is 63.2 Å². The van der Waals surface area contributed by atoms with E-state index in [1.807, 2.05) is 0 Å². The van der Waals surface area contributed by atoms with Gasteiger partial charge < -0.3 is 0 Å². The Morgan fingerprint density at radius 1 is 0.708 bits per heavy atom. The van der Waals surface area contributed by atoms with Crippen molar-refractivity contribution in [3.8, 4) is 11.1 Å². The van der Waals surface area contributed by atoms with Gasteiger partial charge >= 0.3 is 0 Å². The summed E-state index contributed by atoms with van der Waals surface area (Å²) in [6.45, 7) is 6.93. The van der Waals surface area contributed by atoms with E-state index in [-0.39, 0.29) is 0 Å². The molecule has 0 N–H and O–H groups in total. The average molecular weight is 343 g/mol. The van der Waals surface area contributed by atoms with Crippen molar-refractivity contribution >= 4 is 12.7 Å². The van der Waals surface area contributed by atoms with Gasteiger partial charge in [0, 0.05) is 0 Å². The van der Waals surface area contributed by atoms with Crippen molar-refractivity contribution in [2.45, 2.75) is 59.3 Å². The zero-order valence-corrected chi connectivity index (χ0v) is 16.7. The third-order valence-electron chi connectivity index (χ3n) is 4.83. The SMILES string of the molecule is CCCCP(CCCC)(CCCC)=Nc1cc2cccccc-2c1. The molecule has 24 heavy (non-hydrogen) atoms. The van der Waals surface area contributed by atoms with Crippen LogP contribution < -0.4 is 0 Å². The van der Waals surface area contributed by atoms with Gasteiger partial charge in [-0.25, -0.2) is 0 Å². The normalized spacial score (nSPS) is 11.8. The highest BCUT2D eigenvalue weighted by Gasteiger charge is 2.19. The molecule has 0 heterocycles. The van der Waals surface area contributed by atoms with Crippen molar-refractivity contribution in [3.63, 3.8) is 0 Å². The largest absolute Gasteiger partial charge is 0.267 e. The van der Waals surface area contributed by atoms with Crippen LogP contribution in [0.25, 0.3) is 11.1 Å². The Labute approximate surface area is 149 Å². The molecule has 0 radical (unpaired) electrons. The van der Waals surface area contributed by atoms with Gasteiger partial charge in [0.15, 0.2) is 0 Å².